The van der Waals surface area contributed by atoms with Crippen LogP contribution in [0.3, 0.4) is 0 Å². The zero-order valence-corrected chi connectivity index (χ0v) is 11.5. The Labute approximate surface area is 110 Å². The molecular formula is C13H26N4O. The molecule has 2 saturated heterocycles. The first-order valence-electron chi connectivity index (χ1n) is 7.23. The summed E-state index contributed by atoms with van der Waals surface area (Å²) in [5.41, 5.74) is 0. The average molecular weight is 254 g/mol. The van der Waals surface area contributed by atoms with Gasteiger partial charge in [0, 0.05) is 52.4 Å². The van der Waals surface area contributed by atoms with Crippen molar-refractivity contribution in [2.24, 2.45) is 0 Å². The highest BCUT2D eigenvalue weighted by molar-refractivity contribution is 5.78. The molecule has 2 aliphatic heterocycles. The average Bonchev–Trinajstić information content (AvgIpc) is 2.41. The van der Waals surface area contributed by atoms with Gasteiger partial charge in [-0.25, -0.2) is 0 Å². The standard InChI is InChI=1S/C13H26N4O/c1-2-5-15-8-10-17(11-9-15)13(18)12-16-6-3-14-4-7-16/h14H,2-12H2,1H3. The van der Waals surface area contributed by atoms with E-state index in [-0.39, 0.29) is 0 Å². The van der Waals surface area contributed by atoms with Crippen LogP contribution < -0.4 is 5.32 Å². The molecule has 1 amide bonds. The fourth-order valence-corrected chi connectivity index (χ4v) is 2.70. The third kappa shape index (κ3) is 3.93. The normalized spacial score (nSPS) is 23.3. The van der Waals surface area contributed by atoms with E-state index in [0.29, 0.717) is 12.5 Å². The highest BCUT2D eigenvalue weighted by Crippen LogP contribution is 2.04. The quantitative estimate of drug-likeness (QED) is 0.730. The number of hydrogen-bond donors (Lipinski definition) is 1. The molecule has 5 heteroatoms. The first-order chi connectivity index (χ1) is 8.79. The molecule has 0 saturated carbocycles. The van der Waals surface area contributed by atoms with Gasteiger partial charge in [0.25, 0.3) is 0 Å². The maximum Gasteiger partial charge on any atom is 0.236 e. The molecule has 2 heterocycles. The molecule has 0 unspecified atom stereocenters. The van der Waals surface area contributed by atoms with Gasteiger partial charge in [0.05, 0.1) is 6.54 Å². The molecule has 0 aromatic rings. The number of hydrogen-bond acceptors (Lipinski definition) is 4. The van der Waals surface area contributed by atoms with Crippen LogP contribution in [0.1, 0.15) is 13.3 Å². The number of nitrogens with one attached hydrogen (secondary N) is 1. The van der Waals surface area contributed by atoms with Crippen LogP contribution in [0.2, 0.25) is 0 Å². The summed E-state index contributed by atoms with van der Waals surface area (Å²) in [4.78, 5) is 18.9. The van der Waals surface area contributed by atoms with Gasteiger partial charge < -0.3 is 10.2 Å². The van der Waals surface area contributed by atoms with Crippen molar-refractivity contribution in [3.63, 3.8) is 0 Å². The molecule has 2 rings (SSSR count). The first-order valence-corrected chi connectivity index (χ1v) is 7.23. The zero-order valence-electron chi connectivity index (χ0n) is 11.5. The molecule has 0 spiro atoms. The minimum absolute atomic E-state index is 0.313. The second-order valence-electron chi connectivity index (χ2n) is 5.25. The van der Waals surface area contributed by atoms with Crippen LogP contribution in [0.4, 0.5) is 0 Å². The molecule has 1 N–H and O–H groups in total. The summed E-state index contributed by atoms with van der Waals surface area (Å²) in [7, 11) is 0. The van der Waals surface area contributed by atoms with Crippen molar-refractivity contribution in [2.75, 3.05) is 65.4 Å². The largest absolute Gasteiger partial charge is 0.339 e. The lowest BCUT2D eigenvalue weighted by Crippen LogP contribution is -2.53. The number of carbonyl (C=O) groups excluding carboxylic acids is 1. The Hall–Kier alpha value is -0.650. The summed E-state index contributed by atoms with van der Waals surface area (Å²) in [6.45, 7) is 11.9. The summed E-state index contributed by atoms with van der Waals surface area (Å²) in [5.74, 6) is 0.313. The smallest absolute Gasteiger partial charge is 0.236 e. The van der Waals surface area contributed by atoms with E-state index in [1.807, 2.05) is 4.90 Å². The van der Waals surface area contributed by atoms with Crippen molar-refractivity contribution in [2.45, 2.75) is 13.3 Å². The third-order valence-corrected chi connectivity index (χ3v) is 3.83. The lowest BCUT2D eigenvalue weighted by atomic mass is 10.2. The Bertz CT molecular complexity index is 258. The van der Waals surface area contributed by atoms with Crippen LogP contribution in [-0.2, 0) is 4.79 Å². The van der Waals surface area contributed by atoms with E-state index in [9.17, 15) is 4.79 Å². The Morgan fingerprint density at radius 2 is 1.67 bits per heavy atom. The monoisotopic (exact) mass is 254 g/mol. The summed E-state index contributed by atoms with van der Waals surface area (Å²) in [6, 6.07) is 0. The van der Waals surface area contributed by atoms with Gasteiger partial charge in [-0.15, -0.1) is 0 Å². The summed E-state index contributed by atoms with van der Waals surface area (Å²) < 4.78 is 0. The van der Waals surface area contributed by atoms with E-state index in [0.717, 1.165) is 52.4 Å². The van der Waals surface area contributed by atoms with Crippen LogP contribution in [0.5, 0.6) is 0 Å². The van der Waals surface area contributed by atoms with Crippen molar-refractivity contribution >= 4 is 5.91 Å². The number of amides is 1. The molecule has 5 nitrogen and oxygen atoms in total. The molecule has 0 aromatic carbocycles. The molecule has 2 fully saturated rings. The maximum atomic E-state index is 12.2. The van der Waals surface area contributed by atoms with Gasteiger partial charge >= 0.3 is 0 Å². The number of nitrogens with zero attached hydrogens (tertiary/aromatic N) is 3. The van der Waals surface area contributed by atoms with Crippen molar-refractivity contribution in [1.82, 2.24) is 20.0 Å². The van der Waals surface area contributed by atoms with E-state index in [1.54, 1.807) is 0 Å². The van der Waals surface area contributed by atoms with E-state index in [1.165, 1.54) is 13.0 Å². The van der Waals surface area contributed by atoms with Crippen LogP contribution in [0.15, 0.2) is 0 Å². The van der Waals surface area contributed by atoms with Crippen molar-refractivity contribution in [3.8, 4) is 0 Å². The van der Waals surface area contributed by atoms with E-state index in [4.69, 9.17) is 0 Å². The second-order valence-corrected chi connectivity index (χ2v) is 5.25. The summed E-state index contributed by atoms with van der Waals surface area (Å²) >= 11 is 0. The highest BCUT2D eigenvalue weighted by atomic mass is 16.2. The van der Waals surface area contributed by atoms with Gasteiger partial charge in [-0.2, -0.15) is 0 Å². The molecule has 0 bridgehead atoms. The zero-order chi connectivity index (χ0) is 12.8. The molecule has 104 valence electrons. The van der Waals surface area contributed by atoms with Gasteiger partial charge in [0.1, 0.15) is 0 Å². The lowest BCUT2D eigenvalue weighted by Gasteiger charge is -2.36. The van der Waals surface area contributed by atoms with Crippen molar-refractivity contribution in [1.29, 1.82) is 0 Å². The molecule has 18 heavy (non-hydrogen) atoms. The molecule has 2 aliphatic rings. The SMILES string of the molecule is CCCN1CCN(C(=O)CN2CCNCC2)CC1. The third-order valence-electron chi connectivity index (χ3n) is 3.83. The van der Waals surface area contributed by atoms with Crippen LogP contribution in [0, 0.1) is 0 Å². The van der Waals surface area contributed by atoms with Gasteiger partial charge in [-0.05, 0) is 13.0 Å². The summed E-state index contributed by atoms with van der Waals surface area (Å²) in [5, 5.41) is 3.31. The summed E-state index contributed by atoms with van der Waals surface area (Å²) in [6.07, 6.45) is 1.20. The lowest BCUT2D eigenvalue weighted by molar-refractivity contribution is -0.134. The molecule has 0 aliphatic carbocycles. The fourth-order valence-electron chi connectivity index (χ4n) is 2.70. The number of carbonyl (C=O) groups is 1. The Balaban J connectivity index is 1.70. The number of rotatable bonds is 4. The second kappa shape index (κ2) is 7.07. The minimum Gasteiger partial charge on any atom is -0.339 e. The van der Waals surface area contributed by atoms with E-state index < -0.39 is 0 Å². The fraction of sp³-hybridized carbons (Fsp3) is 0.923. The van der Waals surface area contributed by atoms with Crippen LogP contribution in [0.25, 0.3) is 0 Å². The van der Waals surface area contributed by atoms with Gasteiger partial charge in [0.2, 0.25) is 5.91 Å². The predicted octanol–water partition coefficient (Wildman–Crippen LogP) is -0.554. The van der Waals surface area contributed by atoms with Crippen LogP contribution >= 0.6 is 0 Å². The Kier molecular flexibility index (Phi) is 5.41. The van der Waals surface area contributed by atoms with E-state index in [2.05, 4.69) is 22.0 Å². The molecule has 0 aromatic heterocycles. The Morgan fingerprint density at radius 3 is 2.28 bits per heavy atom. The Morgan fingerprint density at radius 1 is 1.00 bits per heavy atom. The van der Waals surface area contributed by atoms with Gasteiger partial charge in [-0.3, -0.25) is 14.6 Å². The first kappa shape index (κ1) is 13.8. The maximum absolute atomic E-state index is 12.2. The molecular weight excluding hydrogens is 228 g/mol. The van der Waals surface area contributed by atoms with E-state index >= 15 is 0 Å². The molecule has 0 atom stereocenters. The minimum atomic E-state index is 0.313. The van der Waals surface area contributed by atoms with Crippen molar-refractivity contribution < 1.29 is 4.79 Å². The van der Waals surface area contributed by atoms with Gasteiger partial charge in [-0.1, -0.05) is 6.92 Å². The predicted molar refractivity (Wildman–Crippen MR) is 72.6 cm³/mol. The van der Waals surface area contributed by atoms with Crippen molar-refractivity contribution in [3.05, 3.63) is 0 Å². The topological polar surface area (TPSA) is 38.8 Å². The van der Waals surface area contributed by atoms with Crippen LogP contribution in [-0.4, -0.2) is 86.1 Å². The van der Waals surface area contributed by atoms with Gasteiger partial charge in [0.15, 0.2) is 0 Å². The number of piperazine rings is 2. The highest BCUT2D eigenvalue weighted by Gasteiger charge is 2.22. The molecule has 0 radical (unpaired) electrons.